The number of likely N-dealkylation sites (N-methyl/N-ethyl adjacent to an activating group) is 1. The van der Waals surface area contributed by atoms with Crippen molar-refractivity contribution < 1.29 is 0 Å². The number of hydrogen-bond acceptors (Lipinski definition) is 2. The Labute approximate surface area is 121 Å². The van der Waals surface area contributed by atoms with Crippen LogP contribution in [0.25, 0.3) is 0 Å². The lowest BCUT2D eigenvalue weighted by atomic mass is 9.58. The monoisotopic (exact) mass is 268 g/mol. The normalized spacial score (nSPS) is 25.6. The molecule has 1 aliphatic rings. The summed E-state index contributed by atoms with van der Waals surface area (Å²) in [5.74, 6) is 0. The van der Waals surface area contributed by atoms with Crippen LogP contribution in [0.4, 0.5) is 0 Å². The van der Waals surface area contributed by atoms with E-state index in [2.05, 4.69) is 60.4 Å². The van der Waals surface area contributed by atoms with Gasteiger partial charge in [-0.15, -0.1) is 0 Å². The van der Waals surface area contributed by atoms with Gasteiger partial charge in [0.05, 0.1) is 0 Å². The minimum atomic E-state index is 0.165. The number of nitrogens with zero attached hydrogens (tertiary/aromatic N) is 1. The molecule has 0 amide bonds. The molecule has 114 valence electrons. The molecule has 0 atom stereocenters. The molecule has 0 saturated heterocycles. The highest BCUT2D eigenvalue weighted by molar-refractivity contribution is 5.04. The van der Waals surface area contributed by atoms with E-state index in [1.165, 1.54) is 19.3 Å². The zero-order chi connectivity index (χ0) is 15.1. The van der Waals surface area contributed by atoms with E-state index in [0.29, 0.717) is 16.2 Å². The number of rotatable bonds is 3. The molecule has 2 N–H and O–H groups in total. The molecule has 0 bridgehead atoms. The lowest BCUT2D eigenvalue weighted by Gasteiger charge is -2.56. The Hall–Kier alpha value is -0.0800. The Kier molecular flexibility index (Phi) is 4.50. The Morgan fingerprint density at radius 1 is 0.947 bits per heavy atom. The zero-order valence-electron chi connectivity index (χ0n) is 14.6. The van der Waals surface area contributed by atoms with Crippen LogP contribution in [-0.2, 0) is 0 Å². The summed E-state index contributed by atoms with van der Waals surface area (Å²) in [7, 11) is 2.27. The van der Waals surface area contributed by atoms with E-state index in [9.17, 15) is 0 Å². The van der Waals surface area contributed by atoms with Crippen LogP contribution in [0.3, 0.4) is 0 Å². The third-order valence-electron chi connectivity index (χ3n) is 4.47. The molecule has 1 fully saturated rings. The molecule has 0 aromatic rings. The van der Waals surface area contributed by atoms with Gasteiger partial charge >= 0.3 is 0 Å². The molecule has 1 aliphatic carbocycles. The van der Waals surface area contributed by atoms with Crippen LogP contribution in [0, 0.1) is 16.2 Å². The average molecular weight is 268 g/mol. The molecule has 1 saturated carbocycles. The lowest BCUT2D eigenvalue weighted by Crippen LogP contribution is -2.60. The molecule has 0 heterocycles. The van der Waals surface area contributed by atoms with Crippen molar-refractivity contribution in [2.24, 2.45) is 22.0 Å². The van der Waals surface area contributed by atoms with Gasteiger partial charge in [0.1, 0.15) is 0 Å². The van der Waals surface area contributed by atoms with Gasteiger partial charge in [0.2, 0.25) is 0 Å². The van der Waals surface area contributed by atoms with Crippen molar-refractivity contribution in [1.29, 1.82) is 0 Å². The van der Waals surface area contributed by atoms with Crippen molar-refractivity contribution in [2.45, 2.75) is 73.3 Å². The van der Waals surface area contributed by atoms with Crippen LogP contribution in [0.15, 0.2) is 0 Å². The van der Waals surface area contributed by atoms with Gasteiger partial charge < -0.3 is 5.73 Å². The van der Waals surface area contributed by atoms with Crippen LogP contribution in [0.2, 0.25) is 0 Å². The summed E-state index contributed by atoms with van der Waals surface area (Å²) in [6, 6.07) is 0. The Morgan fingerprint density at radius 2 is 1.37 bits per heavy atom. The predicted octanol–water partition coefficient (Wildman–Crippen LogP) is 3.90. The second-order valence-electron chi connectivity index (χ2n) is 9.70. The molecular formula is C17H36N2. The van der Waals surface area contributed by atoms with E-state index < -0.39 is 0 Å². The summed E-state index contributed by atoms with van der Waals surface area (Å²) < 4.78 is 0. The van der Waals surface area contributed by atoms with Gasteiger partial charge in [-0.2, -0.15) is 0 Å². The Morgan fingerprint density at radius 3 is 1.68 bits per heavy atom. The molecule has 0 aliphatic heterocycles. The maximum absolute atomic E-state index is 6.26. The second kappa shape index (κ2) is 5.04. The average Bonchev–Trinajstić information content (AvgIpc) is 2.09. The van der Waals surface area contributed by atoms with Gasteiger partial charge in [-0.25, -0.2) is 0 Å². The first-order chi connectivity index (χ1) is 8.31. The molecule has 19 heavy (non-hydrogen) atoms. The standard InChI is InChI=1S/C17H36N2/c1-14(2,3)13-19(8)17(12-18)10-15(4,5)9-16(6,7)11-17/h9-13,18H2,1-8H3. The predicted molar refractivity (Wildman–Crippen MR) is 85.3 cm³/mol. The largest absolute Gasteiger partial charge is 0.329 e. The quantitative estimate of drug-likeness (QED) is 0.841. The first-order valence-electron chi connectivity index (χ1n) is 7.72. The number of nitrogens with two attached hydrogens (primary N) is 1. The summed E-state index contributed by atoms with van der Waals surface area (Å²) in [4.78, 5) is 2.55. The zero-order valence-corrected chi connectivity index (χ0v) is 14.6. The second-order valence-corrected chi connectivity index (χ2v) is 9.70. The van der Waals surface area contributed by atoms with Crippen molar-refractivity contribution in [3.8, 4) is 0 Å². The van der Waals surface area contributed by atoms with Crippen LogP contribution >= 0.6 is 0 Å². The van der Waals surface area contributed by atoms with Crippen molar-refractivity contribution in [2.75, 3.05) is 20.1 Å². The molecule has 1 rings (SSSR count). The maximum Gasteiger partial charge on any atom is 0.0339 e. The highest BCUT2D eigenvalue weighted by Crippen LogP contribution is 2.51. The fourth-order valence-electron chi connectivity index (χ4n) is 4.71. The lowest BCUT2D eigenvalue weighted by molar-refractivity contribution is -0.0427. The van der Waals surface area contributed by atoms with Gasteiger partial charge in [-0.1, -0.05) is 48.5 Å². The van der Waals surface area contributed by atoms with E-state index in [1.54, 1.807) is 0 Å². The minimum Gasteiger partial charge on any atom is -0.329 e. The smallest absolute Gasteiger partial charge is 0.0339 e. The third kappa shape index (κ3) is 4.46. The van der Waals surface area contributed by atoms with E-state index in [-0.39, 0.29) is 5.54 Å². The summed E-state index contributed by atoms with van der Waals surface area (Å²) >= 11 is 0. The molecule has 0 spiro atoms. The van der Waals surface area contributed by atoms with Crippen LogP contribution in [-0.4, -0.2) is 30.6 Å². The van der Waals surface area contributed by atoms with Crippen molar-refractivity contribution in [1.82, 2.24) is 4.90 Å². The van der Waals surface area contributed by atoms with Gasteiger partial charge in [-0.05, 0) is 42.6 Å². The Balaban J connectivity index is 3.02. The van der Waals surface area contributed by atoms with E-state index >= 15 is 0 Å². The van der Waals surface area contributed by atoms with E-state index in [4.69, 9.17) is 5.73 Å². The van der Waals surface area contributed by atoms with Crippen LogP contribution in [0.5, 0.6) is 0 Å². The van der Waals surface area contributed by atoms with E-state index in [0.717, 1.165) is 13.1 Å². The third-order valence-corrected chi connectivity index (χ3v) is 4.47. The highest BCUT2D eigenvalue weighted by atomic mass is 15.2. The van der Waals surface area contributed by atoms with Gasteiger partial charge in [-0.3, -0.25) is 4.90 Å². The molecule has 2 nitrogen and oxygen atoms in total. The topological polar surface area (TPSA) is 29.3 Å². The van der Waals surface area contributed by atoms with Crippen molar-refractivity contribution >= 4 is 0 Å². The SMILES string of the molecule is CN(CC(C)(C)C)C1(CN)CC(C)(C)CC(C)(C)C1. The minimum absolute atomic E-state index is 0.165. The molecule has 2 heteroatoms. The molecule has 0 aromatic carbocycles. The summed E-state index contributed by atoms with van der Waals surface area (Å²) in [5, 5.41) is 0. The fraction of sp³-hybridized carbons (Fsp3) is 1.00. The highest BCUT2D eigenvalue weighted by Gasteiger charge is 2.49. The van der Waals surface area contributed by atoms with Gasteiger partial charge in [0.15, 0.2) is 0 Å². The van der Waals surface area contributed by atoms with Crippen LogP contribution < -0.4 is 5.73 Å². The summed E-state index contributed by atoms with van der Waals surface area (Å²) in [6.45, 7) is 18.4. The molecule has 0 aromatic heterocycles. The molecule has 0 unspecified atom stereocenters. The number of hydrogen-bond donors (Lipinski definition) is 1. The van der Waals surface area contributed by atoms with Gasteiger partial charge in [0.25, 0.3) is 0 Å². The maximum atomic E-state index is 6.26. The fourth-order valence-corrected chi connectivity index (χ4v) is 4.71. The first-order valence-corrected chi connectivity index (χ1v) is 7.72. The van der Waals surface area contributed by atoms with E-state index in [1.807, 2.05) is 0 Å². The summed E-state index contributed by atoms with van der Waals surface area (Å²) in [5.41, 5.74) is 7.51. The molecule has 0 radical (unpaired) electrons. The van der Waals surface area contributed by atoms with Crippen molar-refractivity contribution in [3.63, 3.8) is 0 Å². The van der Waals surface area contributed by atoms with Crippen LogP contribution in [0.1, 0.15) is 67.7 Å². The van der Waals surface area contributed by atoms with Gasteiger partial charge in [0, 0.05) is 18.6 Å². The first kappa shape index (κ1) is 17.0. The summed E-state index contributed by atoms with van der Waals surface area (Å²) in [6.07, 6.45) is 3.73. The molecular weight excluding hydrogens is 232 g/mol. The Bertz CT molecular complexity index is 294. The van der Waals surface area contributed by atoms with Crippen molar-refractivity contribution in [3.05, 3.63) is 0 Å².